The molecule has 2 heteroatoms. The second kappa shape index (κ2) is 4.97. The molecule has 1 aliphatic rings. The van der Waals surface area contributed by atoms with Gasteiger partial charge in [-0.25, -0.2) is 0 Å². The van der Waals surface area contributed by atoms with Gasteiger partial charge < -0.3 is 10.1 Å². The van der Waals surface area contributed by atoms with Gasteiger partial charge in [-0.1, -0.05) is 12.8 Å². The van der Waals surface area contributed by atoms with E-state index in [0.29, 0.717) is 0 Å². The summed E-state index contributed by atoms with van der Waals surface area (Å²) in [6.45, 7) is 9.31. The maximum absolute atomic E-state index is 5.52. The van der Waals surface area contributed by atoms with E-state index in [0.717, 1.165) is 25.7 Å². The molecule has 0 spiro atoms. The molecule has 1 N–H and O–H groups in total. The molecular weight excluding hydrogens is 162 g/mol. The first-order valence-electron chi connectivity index (χ1n) is 5.41. The van der Waals surface area contributed by atoms with Crippen LogP contribution in [0.5, 0.6) is 0 Å². The van der Waals surface area contributed by atoms with Crippen molar-refractivity contribution in [3.8, 4) is 0 Å². The van der Waals surface area contributed by atoms with E-state index in [9.17, 15) is 0 Å². The molecule has 0 aromatic heterocycles. The lowest BCUT2D eigenvalue weighted by atomic mass is 10.1. The normalized spacial score (nSPS) is 17.8. The van der Waals surface area contributed by atoms with Crippen molar-refractivity contribution >= 4 is 0 Å². The van der Waals surface area contributed by atoms with Gasteiger partial charge in [0.05, 0.1) is 6.61 Å². The monoisotopic (exact) mass is 185 g/mol. The van der Waals surface area contributed by atoms with E-state index in [1.165, 1.54) is 19.3 Å². The molecular formula is C11H23NO. The molecule has 0 unspecified atom stereocenters. The average Bonchev–Trinajstić information content (AvgIpc) is 2.77. The molecule has 13 heavy (non-hydrogen) atoms. The summed E-state index contributed by atoms with van der Waals surface area (Å²) in [7, 11) is 0. The van der Waals surface area contributed by atoms with Crippen molar-refractivity contribution in [3.05, 3.63) is 0 Å². The fourth-order valence-corrected chi connectivity index (χ4v) is 1.26. The molecule has 1 rings (SSSR count). The number of nitrogens with one attached hydrogen (secondary N) is 1. The lowest BCUT2D eigenvalue weighted by Gasteiger charge is -2.20. The molecule has 0 atom stereocenters. The zero-order valence-electron chi connectivity index (χ0n) is 9.23. The number of ether oxygens (including phenoxy) is 1. The third-order valence-corrected chi connectivity index (χ3v) is 2.27. The summed E-state index contributed by atoms with van der Waals surface area (Å²) < 4.78 is 5.52. The van der Waals surface area contributed by atoms with Crippen LogP contribution in [0.15, 0.2) is 0 Å². The Labute approximate surface area is 82.0 Å². The minimum Gasteiger partial charge on any atom is -0.380 e. The van der Waals surface area contributed by atoms with Gasteiger partial charge in [0.15, 0.2) is 0 Å². The first kappa shape index (κ1) is 11.0. The second-order valence-electron chi connectivity index (χ2n) is 5.02. The predicted molar refractivity (Wildman–Crippen MR) is 55.9 cm³/mol. The van der Waals surface area contributed by atoms with Crippen LogP contribution >= 0.6 is 0 Å². The summed E-state index contributed by atoms with van der Waals surface area (Å²) in [5, 5.41) is 3.40. The first-order chi connectivity index (χ1) is 6.08. The van der Waals surface area contributed by atoms with Crippen LogP contribution in [0.25, 0.3) is 0 Å². The highest BCUT2D eigenvalue weighted by Crippen LogP contribution is 2.31. The van der Waals surface area contributed by atoms with Crippen LogP contribution in [0, 0.1) is 5.92 Å². The number of hydrogen-bond acceptors (Lipinski definition) is 2. The Hall–Kier alpha value is -0.0800. The fourth-order valence-electron chi connectivity index (χ4n) is 1.26. The molecule has 1 aliphatic carbocycles. The van der Waals surface area contributed by atoms with E-state index < -0.39 is 0 Å². The third-order valence-electron chi connectivity index (χ3n) is 2.27. The smallest absolute Gasteiger partial charge is 0.0591 e. The van der Waals surface area contributed by atoms with Crippen LogP contribution < -0.4 is 5.32 Å². The van der Waals surface area contributed by atoms with Gasteiger partial charge in [-0.05, 0) is 33.1 Å². The molecule has 1 fully saturated rings. The highest BCUT2D eigenvalue weighted by Gasteiger charge is 2.20. The number of hydrogen-bond donors (Lipinski definition) is 1. The largest absolute Gasteiger partial charge is 0.380 e. The van der Waals surface area contributed by atoms with Gasteiger partial charge in [-0.15, -0.1) is 0 Å². The van der Waals surface area contributed by atoms with Crippen molar-refractivity contribution in [2.75, 3.05) is 19.8 Å². The molecule has 1 saturated carbocycles. The second-order valence-corrected chi connectivity index (χ2v) is 5.02. The van der Waals surface area contributed by atoms with Crippen molar-refractivity contribution in [3.63, 3.8) is 0 Å². The van der Waals surface area contributed by atoms with E-state index >= 15 is 0 Å². The van der Waals surface area contributed by atoms with E-state index in [1.54, 1.807) is 0 Å². The van der Waals surface area contributed by atoms with Crippen LogP contribution in [-0.2, 0) is 4.74 Å². The van der Waals surface area contributed by atoms with E-state index in [-0.39, 0.29) is 5.54 Å². The zero-order valence-corrected chi connectivity index (χ0v) is 9.23. The van der Waals surface area contributed by atoms with Gasteiger partial charge in [0.25, 0.3) is 0 Å². The summed E-state index contributed by atoms with van der Waals surface area (Å²) in [5.41, 5.74) is 0.222. The molecule has 0 heterocycles. The van der Waals surface area contributed by atoms with Crippen LogP contribution in [0.3, 0.4) is 0 Å². The minimum absolute atomic E-state index is 0.222. The highest BCUT2D eigenvalue weighted by atomic mass is 16.5. The molecule has 78 valence electrons. The molecule has 0 amide bonds. The Balaban J connectivity index is 1.78. The maximum atomic E-state index is 5.52. The molecule has 0 bridgehead atoms. The maximum Gasteiger partial charge on any atom is 0.0591 e. The minimum atomic E-state index is 0.222. The quantitative estimate of drug-likeness (QED) is 0.640. The SMILES string of the molecule is CC(C)(C)NCCOCCC1CC1. The standard InChI is InChI=1S/C11H23NO/c1-11(2,3)12-7-9-13-8-6-10-4-5-10/h10,12H,4-9H2,1-3H3. The summed E-state index contributed by atoms with van der Waals surface area (Å²) in [6.07, 6.45) is 4.14. The van der Waals surface area contributed by atoms with Crippen LogP contribution in [0.2, 0.25) is 0 Å². The Bertz CT molecular complexity index is 136. The van der Waals surface area contributed by atoms with Crippen LogP contribution in [0.4, 0.5) is 0 Å². The molecule has 2 nitrogen and oxygen atoms in total. The van der Waals surface area contributed by atoms with Crippen molar-refractivity contribution in [2.45, 2.75) is 45.6 Å². The Morgan fingerprint density at radius 1 is 1.23 bits per heavy atom. The fraction of sp³-hybridized carbons (Fsp3) is 1.00. The van der Waals surface area contributed by atoms with Gasteiger partial charge in [-0.3, -0.25) is 0 Å². The third kappa shape index (κ3) is 7.03. The van der Waals surface area contributed by atoms with Crippen molar-refractivity contribution < 1.29 is 4.74 Å². The predicted octanol–water partition coefficient (Wildman–Crippen LogP) is 2.19. The molecule has 0 aromatic carbocycles. The topological polar surface area (TPSA) is 21.3 Å². The van der Waals surface area contributed by atoms with E-state index in [2.05, 4.69) is 26.1 Å². The van der Waals surface area contributed by atoms with Crippen LogP contribution in [-0.4, -0.2) is 25.3 Å². The van der Waals surface area contributed by atoms with Gasteiger partial charge >= 0.3 is 0 Å². The van der Waals surface area contributed by atoms with Gasteiger partial charge in [0.2, 0.25) is 0 Å². The van der Waals surface area contributed by atoms with E-state index in [4.69, 9.17) is 4.74 Å². The lowest BCUT2D eigenvalue weighted by molar-refractivity contribution is 0.125. The van der Waals surface area contributed by atoms with Crippen molar-refractivity contribution in [1.29, 1.82) is 0 Å². The van der Waals surface area contributed by atoms with Gasteiger partial charge in [0.1, 0.15) is 0 Å². The highest BCUT2D eigenvalue weighted by molar-refractivity contribution is 4.72. The Morgan fingerprint density at radius 3 is 2.46 bits per heavy atom. The summed E-state index contributed by atoms with van der Waals surface area (Å²) in [5.74, 6) is 0.996. The average molecular weight is 185 g/mol. The van der Waals surface area contributed by atoms with Crippen molar-refractivity contribution in [2.24, 2.45) is 5.92 Å². The molecule has 0 aromatic rings. The summed E-state index contributed by atoms with van der Waals surface area (Å²) >= 11 is 0. The van der Waals surface area contributed by atoms with Crippen molar-refractivity contribution in [1.82, 2.24) is 5.32 Å². The summed E-state index contributed by atoms with van der Waals surface area (Å²) in [4.78, 5) is 0. The molecule has 0 saturated heterocycles. The summed E-state index contributed by atoms with van der Waals surface area (Å²) in [6, 6.07) is 0. The van der Waals surface area contributed by atoms with Gasteiger partial charge in [0, 0.05) is 18.7 Å². The van der Waals surface area contributed by atoms with Crippen LogP contribution in [0.1, 0.15) is 40.0 Å². The lowest BCUT2D eigenvalue weighted by Crippen LogP contribution is -2.38. The number of rotatable bonds is 6. The van der Waals surface area contributed by atoms with Gasteiger partial charge in [-0.2, -0.15) is 0 Å². The molecule has 0 radical (unpaired) electrons. The Morgan fingerprint density at radius 2 is 1.92 bits per heavy atom. The Kier molecular flexibility index (Phi) is 4.20. The first-order valence-corrected chi connectivity index (χ1v) is 5.41. The van der Waals surface area contributed by atoms with E-state index in [1.807, 2.05) is 0 Å². The molecule has 0 aliphatic heterocycles. The zero-order chi connectivity index (χ0) is 9.73.